The number of ether oxygens (including phenoxy) is 1. The van der Waals surface area contributed by atoms with Crippen molar-refractivity contribution in [2.24, 2.45) is 0 Å². The van der Waals surface area contributed by atoms with E-state index in [0.717, 1.165) is 18.4 Å². The number of hydrogen-bond acceptors (Lipinski definition) is 3. The van der Waals surface area contributed by atoms with E-state index in [1.165, 1.54) is 0 Å². The maximum Gasteiger partial charge on any atom is 0.322 e. The van der Waals surface area contributed by atoms with E-state index in [1.807, 2.05) is 26.0 Å². The van der Waals surface area contributed by atoms with Crippen molar-refractivity contribution in [2.75, 3.05) is 0 Å². The lowest BCUT2D eigenvalue weighted by molar-refractivity contribution is -0.141. The first-order chi connectivity index (χ1) is 9.49. The summed E-state index contributed by atoms with van der Waals surface area (Å²) in [5.74, 6) is -1.05. The Balaban J connectivity index is 2.21. The van der Waals surface area contributed by atoms with Crippen molar-refractivity contribution in [3.8, 4) is 0 Å². The average molecular weight is 296 g/mol. The molecular formula is C15H20O4S. The maximum atomic E-state index is 12.6. The smallest absolute Gasteiger partial charge is 0.322 e. The molecule has 1 aromatic carbocycles. The van der Waals surface area contributed by atoms with Gasteiger partial charge in [-0.2, -0.15) is 0 Å². The van der Waals surface area contributed by atoms with Crippen LogP contribution in [-0.4, -0.2) is 32.7 Å². The quantitative estimate of drug-likeness (QED) is 0.927. The highest BCUT2D eigenvalue weighted by atomic mass is 32.2. The van der Waals surface area contributed by atoms with Gasteiger partial charge in [-0.15, -0.1) is 0 Å². The topological polar surface area (TPSA) is 63.6 Å². The zero-order valence-electron chi connectivity index (χ0n) is 11.7. The van der Waals surface area contributed by atoms with Crippen LogP contribution in [0.1, 0.15) is 31.7 Å². The number of hydrogen-bond donors (Lipinski definition) is 1. The number of carboxylic acid groups (broad SMARTS) is 1. The molecule has 0 aliphatic carbocycles. The summed E-state index contributed by atoms with van der Waals surface area (Å²) >= 11 is 0. The predicted octanol–water partition coefficient (Wildman–Crippen LogP) is 2.51. The molecule has 0 saturated carbocycles. The Hall–Kier alpha value is -1.20. The van der Waals surface area contributed by atoms with Gasteiger partial charge in [0.2, 0.25) is 0 Å². The monoisotopic (exact) mass is 296 g/mol. The van der Waals surface area contributed by atoms with Gasteiger partial charge >= 0.3 is 5.97 Å². The molecule has 0 amide bonds. The molecule has 0 spiro atoms. The molecule has 0 aromatic heterocycles. The van der Waals surface area contributed by atoms with Gasteiger partial charge in [0.1, 0.15) is 0 Å². The zero-order chi connectivity index (χ0) is 14.7. The zero-order valence-corrected chi connectivity index (χ0v) is 12.6. The maximum absolute atomic E-state index is 12.6. The normalized spacial score (nSPS) is 25.9. The van der Waals surface area contributed by atoms with Crippen LogP contribution < -0.4 is 0 Å². The molecule has 1 saturated heterocycles. The minimum Gasteiger partial charge on any atom is -0.480 e. The van der Waals surface area contributed by atoms with E-state index in [2.05, 4.69) is 0 Å². The van der Waals surface area contributed by atoms with Crippen LogP contribution in [0.4, 0.5) is 0 Å². The Morgan fingerprint density at radius 1 is 1.35 bits per heavy atom. The molecule has 5 heteroatoms. The van der Waals surface area contributed by atoms with Crippen molar-refractivity contribution in [2.45, 2.75) is 55.5 Å². The standard InChI is InChI=1S/C15H20O4S/c1-10-6-8-12(9-7-10)20(18)14(15(16)17)13-5-3-4-11(2)19-13/h6-9,11,13-14H,3-5H2,1-2H3,(H,16,17)/t11-,13-,14?,20+/m1/s1. The molecule has 0 radical (unpaired) electrons. The lowest BCUT2D eigenvalue weighted by Crippen LogP contribution is -2.43. The molecule has 2 rings (SSSR count). The fraction of sp³-hybridized carbons (Fsp3) is 0.533. The highest BCUT2D eigenvalue weighted by molar-refractivity contribution is 7.86. The summed E-state index contributed by atoms with van der Waals surface area (Å²) in [5.41, 5.74) is 1.06. The average Bonchev–Trinajstić information content (AvgIpc) is 2.39. The number of aryl methyl sites for hydroxylation is 1. The molecule has 1 fully saturated rings. The summed E-state index contributed by atoms with van der Waals surface area (Å²) < 4.78 is 18.3. The third-order valence-electron chi connectivity index (χ3n) is 3.57. The van der Waals surface area contributed by atoms with E-state index in [0.29, 0.717) is 11.3 Å². The van der Waals surface area contributed by atoms with Gasteiger partial charge in [-0.1, -0.05) is 17.7 Å². The Bertz CT molecular complexity index is 497. The first-order valence-electron chi connectivity index (χ1n) is 6.84. The second kappa shape index (κ2) is 6.50. The SMILES string of the molecule is Cc1ccc([S@](=O)C(C(=O)O)[C@H]2CCC[C@@H](C)O2)cc1. The number of carbonyl (C=O) groups is 1. The molecule has 4 atom stereocenters. The van der Waals surface area contributed by atoms with Crippen LogP contribution in [0.2, 0.25) is 0 Å². The Morgan fingerprint density at radius 2 is 2.00 bits per heavy atom. The van der Waals surface area contributed by atoms with Crippen LogP contribution in [-0.2, 0) is 20.3 Å². The predicted molar refractivity (Wildman–Crippen MR) is 77.2 cm³/mol. The molecule has 110 valence electrons. The van der Waals surface area contributed by atoms with Gasteiger partial charge in [0.15, 0.2) is 5.25 Å². The van der Waals surface area contributed by atoms with Gasteiger partial charge in [-0.3, -0.25) is 9.00 Å². The molecule has 0 bridgehead atoms. The molecule has 20 heavy (non-hydrogen) atoms. The van der Waals surface area contributed by atoms with Gasteiger partial charge < -0.3 is 9.84 Å². The van der Waals surface area contributed by atoms with Crippen molar-refractivity contribution in [1.29, 1.82) is 0 Å². The lowest BCUT2D eigenvalue weighted by atomic mass is 10.0. The number of carboxylic acids is 1. The highest BCUT2D eigenvalue weighted by Crippen LogP contribution is 2.26. The van der Waals surface area contributed by atoms with Crippen LogP contribution in [0.5, 0.6) is 0 Å². The summed E-state index contributed by atoms with van der Waals surface area (Å²) in [4.78, 5) is 12.1. The van der Waals surface area contributed by atoms with E-state index in [4.69, 9.17) is 4.74 Å². The number of benzene rings is 1. The van der Waals surface area contributed by atoms with Gasteiger partial charge in [0, 0.05) is 4.90 Å². The Labute approximate surface area is 121 Å². The van der Waals surface area contributed by atoms with E-state index >= 15 is 0 Å². The highest BCUT2D eigenvalue weighted by Gasteiger charge is 2.37. The van der Waals surface area contributed by atoms with Crippen molar-refractivity contribution in [3.63, 3.8) is 0 Å². The van der Waals surface area contributed by atoms with E-state index in [-0.39, 0.29) is 6.10 Å². The van der Waals surface area contributed by atoms with Gasteiger partial charge in [-0.25, -0.2) is 0 Å². The molecule has 1 aromatic rings. The summed E-state index contributed by atoms with van der Waals surface area (Å²) in [6.07, 6.45) is 2.06. The summed E-state index contributed by atoms with van der Waals surface area (Å²) in [6.45, 7) is 3.87. The van der Waals surface area contributed by atoms with Crippen LogP contribution >= 0.6 is 0 Å². The third kappa shape index (κ3) is 3.46. The fourth-order valence-corrected chi connectivity index (χ4v) is 3.83. The van der Waals surface area contributed by atoms with Crippen molar-refractivity contribution in [1.82, 2.24) is 0 Å². The molecular weight excluding hydrogens is 276 g/mol. The van der Waals surface area contributed by atoms with Crippen LogP contribution in [0.3, 0.4) is 0 Å². The minimum absolute atomic E-state index is 0.0330. The largest absolute Gasteiger partial charge is 0.480 e. The second-order valence-corrected chi connectivity index (χ2v) is 6.86. The number of aliphatic carboxylic acids is 1. The van der Waals surface area contributed by atoms with Crippen LogP contribution in [0, 0.1) is 6.92 Å². The van der Waals surface area contributed by atoms with E-state index < -0.39 is 28.1 Å². The Morgan fingerprint density at radius 3 is 2.55 bits per heavy atom. The molecule has 1 aliphatic rings. The van der Waals surface area contributed by atoms with E-state index in [9.17, 15) is 14.1 Å². The summed E-state index contributed by atoms with van der Waals surface area (Å²) in [6, 6.07) is 7.15. The van der Waals surface area contributed by atoms with E-state index in [1.54, 1.807) is 12.1 Å². The van der Waals surface area contributed by atoms with Crippen LogP contribution in [0.15, 0.2) is 29.2 Å². The van der Waals surface area contributed by atoms with Crippen molar-refractivity contribution in [3.05, 3.63) is 29.8 Å². The molecule has 1 aliphatic heterocycles. The van der Waals surface area contributed by atoms with Crippen LogP contribution in [0.25, 0.3) is 0 Å². The van der Waals surface area contributed by atoms with Crippen molar-refractivity contribution >= 4 is 16.8 Å². The minimum atomic E-state index is -1.60. The number of rotatable bonds is 4. The van der Waals surface area contributed by atoms with Crippen molar-refractivity contribution < 1.29 is 18.8 Å². The third-order valence-corrected chi connectivity index (χ3v) is 5.27. The fourth-order valence-electron chi connectivity index (χ4n) is 2.47. The molecule has 1 N–H and O–H groups in total. The summed E-state index contributed by atoms with van der Waals surface area (Å²) in [7, 11) is -1.60. The molecule has 1 unspecified atom stereocenters. The van der Waals surface area contributed by atoms with Gasteiger partial charge in [0.25, 0.3) is 0 Å². The Kier molecular flexibility index (Phi) is 4.94. The molecule has 1 heterocycles. The van der Waals surface area contributed by atoms with Gasteiger partial charge in [-0.05, 0) is 45.2 Å². The first-order valence-corrected chi connectivity index (χ1v) is 8.06. The van der Waals surface area contributed by atoms with Gasteiger partial charge in [0.05, 0.1) is 23.0 Å². The molecule has 4 nitrogen and oxygen atoms in total. The lowest BCUT2D eigenvalue weighted by Gasteiger charge is -2.31. The summed E-state index contributed by atoms with van der Waals surface area (Å²) in [5, 5.41) is 8.43. The first kappa shape index (κ1) is 15.2. The second-order valence-electron chi connectivity index (χ2n) is 5.29.